The van der Waals surface area contributed by atoms with E-state index < -0.39 is 18.6 Å². The van der Waals surface area contributed by atoms with Gasteiger partial charge in [0.05, 0.1) is 13.0 Å². The van der Waals surface area contributed by atoms with Crippen molar-refractivity contribution in [2.24, 2.45) is 0 Å². The third-order valence-corrected chi connectivity index (χ3v) is 4.36. The minimum atomic E-state index is -1.02. The summed E-state index contributed by atoms with van der Waals surface area (Å²) in [6.45, 7) is -0.485. The first-order valence-electron chi connectivity index (χ1n) is 7.74. The molecule has 0 radical (unpaired) electrons. The number of carbonyl (C=O) groups excluding carboxylic acids is 2. The van der Waals surface area contributed by atoms with Crippen LogP contribution in [0.4, 0.5) is 5.13 Å². The molecule has 2 aromatic carbocycles. The van der Waals surface area contributed by atoms with Crippen LogP contribution in [0.15, 0.2) is 54.0 Å². The van der Waals surface area contributed by atoms with Gasteiger partial charge < -0.3 is 15.7 Å². The summed E-state index contributed by atoms with van der Waals surface area (Å²) in [5.74, 6) is -0.826. The minimum Gasteiger partial charge on any atom is -0.394 e. The van der Waals surface area contributed by atoms with Crippen LogP contribution in [0.2, 0.25) is 0 Å². The Bertz CT molecular complexity index is 880. The van der Waals surface area contributed by atoms with Crippen LogP contribution in [-0.4, -0.2) is 34.6 Å². The van der Waals surface area contributed by atoms with E-state index in [9.17, 15) is 14.7 Å². The van der Waals surface area contributed by atoms with Crippen molar-refractivity contribution in [2.45, 2.75) is 12.5 Å². The molecular formula is C18H17N3O3S. The highest BCUT2D eigenvalue weighted by atomic mass is 32.1. The lowest BCUT2D eigenvalue weighted by Crippen LogP contribution is -2.46. The van der Waals surface area contributed by atoms with E-state index in [-0.39, 0.29) is 12.3 Å². The molecule has 128 valence electrons. The van der Waals surface area contributed by atoms with E-state index in [0.717, 1.165) is 16.3 Å². The maximum atomic E-state index is 12.2. The van der Waals surface area contributed by atoms with E-state index in [2.05, 4.69) is 15.6 Å². The number of nitrogens with zero attached hydrogens (tertiary/aromatic N) is 1. The van der Waals surface area contributed by atoms with Crippen molar-refractivity contribution in [1.82, 2.24) is 10.3 Å². The number of aromatic nitrogens is 1. The Morgan fingerprint density at radius 1 is 1.16 bits per heavy atom. The number of aliphatic hydroxyl groups excluding tert-OH is 1. The number of benzene rings is 2. The Kier molecular flexibility index (Phi) is 5.37. The van der Waals surface area contributed by atoms with Crippen molar-refractivity contribution >= 4 is 39.1 Å². The molecule has 0 saturated carbocycles. The Hall–Kier alpha value is -2.77. The van der Waals surface area contributed by atoms with Crippen molar-refractivity contribution in [3.05, 3.63) is 59.6 Å². The number of carbonyl (C=O) groups is 2. The molecule has 0 aliphatic carbocycles. The standard InChI is InChI=1S/C18H17N3O3S/c22-11-15(17(24)21-18-19-7-8-25-18)20-16(23)10-12-5-6-13-3-1-2-4-14(13)9-12/h1-9,15,22H,10-11H2,(H,20,23)(H,19,21,24)/t15-/m0/s1. The minimum absolute atomic E-state index is 0.131. The third kappa shape index (κ3) is 4.40. The van der Waals surface area contributed by atoms with Gasteiger partial charge in [0, 0.05) is 11.6 Å². The summed E-state index contributed by atoms with van der Waals surface area (Å²) >= 11 is 1.26. The molecule has 7 heteroatoms. The summed E-state index contributed by atoms with van der Waals surface area (Å²) < 4.78 is 0. The number of nitrogens with one attached hydrogen (secondary N) is 2. The molecule has 25 heavy (non-hydrogen) atoms. The second-order valence-corrected chi connectivity index (χ2v) is 6.38. The zero-order valence-corrected chi connectivity index (χ0v) is 14.1. The van der Waals surface area contributed by atoms with Crippen molar-refractivity contribution < 1.29 is 14.7 Å². The van der Waals surface area contributed by atoms with Crippen LogP contribution < -0.4 is 10.6 Å². The third-order valence-electron chi connectivity index (χ3n) is 3.68. The SMILES string of the molecule is O=C(Cc1ccc2ccccc2c1)N[C@@H](CO)C(=O)Nc1nccs1. The van der Waals surface area contributed by atoms with Crippen LogP contribution in [0.5, 0.6) is 0 Å². The summed E-state index contributed by atoms with van der Waals surface area (Å²) in [5, 5.41) is 18.8. The van der Waals surface area contributed by atoms with Gasteiger partial charge >= 0.3 is 0 Å². The highest BCUT2D eigenvalue weighted by Crippen LogP contribution is 2.16. The quantitative estimate of drug-likeness (QED) is 0.630. The number of fused-ring (bicyclic) bond motifs is 1. The predicted molar refractivity (Wildman–Crippen MR) is 97.4 cm³/mol. The molecule has 0 aliphatic rings. The maximum absolute atomic E-state index is 12.2. The van der Waals surface area contributed by atoms with Crippen LogP contribution in [-0.2, 0) is 16.0 Å². The van der Waals surface area contributed by atoms with Crippen LogP contribution in [0.25, 0.3) is 10.8 Å². The monoisotopic (exact) mass is 355 g/mol. The summed E-state index contributed by atoms with van der Waals surface area (Å²) in [6.07, 6.45) is 1.69. The fourth-order valence-electron chi connectivity index (χ4n) is 2.45. The molecule has 3 N–H and O–H groups in total. The van der Waals surface area contributed by atoms with Crippen molar-refractivity contribution in [3.8, 4) is 0 Å². The molecule has 2 amide bonds. The first-order valence-corrected chi connectivity index (χ1v) is 8.62. The highest BCUT2D eigenvalue weighted by Gasteiger charge is 2.20. The second kappa shape index (κ2) is 7.87. The normalized spacial score (nSPS) is 11.9. The first kappa shape index (κ1) is 17.1. The topological polar surface area (TPSA) is 91.3 Å². The smallest absolute Gasteiger partial charge is 0.251 e. The van der Waals surface area contributed by atoms with E-state index in [1.54, 1.807) is 11.6 Å². The van der Waals surface area contributed by atoms with Gasteiger partial charge in [0.1, 0.15) is 6.04 Å². The average molecular weight is 355 g/mol. The van der Waals surface area contributed by atoms with Crippen LogP contribution in [0.3, 0.4) is 0 Å². The molecule has 0 fully saturated rings. The summed E-state index contributed by atoms with van der Waals surface area (Å²) in [5.41, 5.74) is 0.841. The van der Waals surface area contributed by atoms with Gasteiger partial charge in [0.25, 0.3) is 5.91 Å². The zero-order chi connectivity index (χ0) is 17.6. The zero-order valence-electron chi connectivity index (χ0n) is 13.3. The highest BCUT2D eigenvalue weighted by molar-refractivity contribution is 7.13. The first-order chi connectivity index (χ1) is 12.2. The Morgan fingerprint density at radius 3 is 2.68 bits per heavy atom. The molecule has 6 nitrogen and oxygen atoms in total. The molecule has 1 heterocycles. The van der Waals surface area contributed by atoms with Crippen molar-refractivity contribution in [3.63, 3.8) is 0 Å². The summed E-state index contributed by atoms with van der Waals surface area (Å²) in [6, 6.07) is 12.6. The number of hydrogen-bond acceptors (Lipinski definition) is 5. The molecule has 0 saturated heterocycles. The van der Waals surface area contributed by atoms with Gasteiger partial charge in [0.15, 0.2) is 5.13 Å². The molecule has 1 atom stereocenters. The van der Waals surface area contributed by atoms with Crippen LogP contribution in [0, 0.1) is 0 Å². The molecule has 0 aliphatic heterocycles. The van der Waals surface area contributed by atoms with Gasteiger partial charge in [-0.05, 0) is 16.3 Å². The number of amides is 2. The van der Waals surface area contributed by atoms with E-state index in [0.29, 0.717) is 5.13 Å². The average Bonchev–Trinajstić information content (AvgIpc) is 3.12. The lowest BCUT2D eigenvalue weighted by Gasteiger charge is -2.15. The Balaban J connectivity index is 1.62. The Labute approximate surface area is 148 Å². The van der Waals surface area contributed by atoms with Gasteiger partial charge in [-0.2, -0.15) is 0 Å². The number of rotatable bonds is 6. The molecule has 3 aromatic rings. The van der Waals surface area contributed by atoms with Gasteiger partial charge in [-0.15, -0.1) is 11.3 Å². The van der Waals surface area contributed by atoms with Gasteiger partial charge in [-0.3, -0.25) is 9.59 Å². The molecule has 0 unspecified atom stereocenters. The predicted octanol–water partition coefficient (Wildman–Crippen LogP) is 1.95. The molecule has 0 spiro atoms. The number of anilines is 1. The fourth-order valence-corrected chi connectivity index (χ4v) is 2.98. The van der Waals surface area contributed by atoms with E-state index in [1.807, 2.05) is 42.5 Å². The lowest BCUT2D eigenvalue weighted by molar-refractivity contribution is -0.126. The number of thiazole rings is 1. The van der Waals surface area contributed by atoms with Gasteiger partial charge in [-0.1, -0.05) is 42.5 Å². The number of aliphatic hydroxyl groups is 1. The maximum Gasteiger partial charge on any atom is 0.251 e. The van der Waals surface area contributed by atoms with E-state index >= 15 is 0 Å². The molecule has 3 rings (SSSR count). The van der Waals surface area contributed by atoms with Crippen molar-refractivity contribution in [2.75, 3.05) is 11.9 Å². The van der Waals surface area contributed by atoms with Crippen LogP contribution in [0.1, 0.15) is 5.56 Å². The van der Waals surface area contributed by atoms with Gasteiger partial charge in [0.2, 0.25) is 5.91 Å². The summed E-state index contributed by atoms with van der Waals surface area (Å²) in [4.78, 5) is 28.2. The van der Waals surface area contributed by atoms with Crippen LogP contribution >= 0.6 is 11.3 Å². The number of hydrogen-bond donors (Lipinski definition) is 3. The molecule has 0 bridgehead atoms. The fraction of sp³-hybridized carbons (Fsp3) is 0.167. The molecule has 1 aromatic heterocycles. The van der Waals surface area contributed by atoms with E-state index in [4.69, 9.17) is 0 Å². The molecular weight excluding hydrogens is 338 g/mol. The van der Waals surface area contributed by atoms with E-state index in [1.165, 1.54) is 11.3 Å². The summed E-state index contributed by atoms with van der Waals surface area (Å²) in [7, 11) is 0. The van der Waals surface area contributed by atoms with Gasteiger partial charge in [-0.25, -0.2) is 4.98 Å². The Morgan fingerprint density at radius 2 is 1.96 bits per heavy atom. The second-order valence-electron chi connectivity index (χ2n) is 5.49. The largest absolute Gasteiger partial charge is 0.394 e. The van der Waals surface area contributed by atoms with Crippen molar-refractivity contribution in [1.29, 1.82) is 0 Å². The lowest BCUT2D eigenvalue weighted by atomic mass is 10.0.